The molecule has 6 nitrogen and oxygen atoms in total. The van der Waals surface area contributed by atoms with Crippen LogP contribution in [-0.4, -0.2) is 44.9 Å². The molecule has 0 spiro atoms. The van der Waals surface area contributed by atoms with Gasteiger partial charge in [-0.1, -0.05) is 68.8 Å². The maximum absolute atomic E-state index is 12.8. The molecule has 180 valence electrons. The van der Waals surface area contributed by atoms with Crippen LogP contribution in [0.3, 0.4) is 0 Å². The second-order valence-corrected chi connectivity index (χ2v) is 11.8. The summed E-state index contributed by atoms with van der Waals surface area (Å²) in [6.45, 7) is 7.86. The molecular formula is C25H33ClN2O4S. The molecule has 1 saturated heterocycles. The monoisotopic (exact) mass is 492 g/mol. The normalized spacial score (nSPS) is 15.9. The van der Waals surface area contributed by atoms with Gasteiger partial charge in [0.15, 0.2) is 0 Å². The molecule has 0 atom stereocenters. The summed E-state index contributed by atoms with van der Waals surface area (Å²) < 4.78 is 32.9. The van der Waals surface area contributed by atoms with Gasteiger partial charge in [0.25, 0.3) is 0 Å². The predicted molar refractivity (Wildman–Crippen MR) is 132 cm³/mol. The number of sulfonamides is 1. The Labute approximate surface area is 202 Å². The van der Waals surface area contributed by atoms with Crippen molar-refractivity contribution in [2.75, 3.05) is 26.2 Å². The zero-order valence-electron chi connectivity index (χ0n) is 19.5. The summed E-state index contributed by atoms with van der Waals surface area (Å²) in [5.74, 6) is 0.456. The first-order valence-electron chi connectivity index (χ1n) is 11.3. The minimum atomic E-state index is -3.48. The summed E-state index contributed by atoms with van der Waals surface area (Å²) in [4.78, 5) is 12.6. The number of carbonyl (C=O) groups excluding carboxylic acids is 1. The van der Waals surface area contributed by atoms with E-state index in [4.69, 9.17) is 16.3 Å². The Morgan fingerprint density at radius 2 is 1.73 bits per heavy atom. The third-order valence-electron chi connectivity index (χ3n) is 5.87. The average molecular weight is 493 g/mol. The van der Waals surface area contributed by atoms with Crippen LogP contribution in [0.4, 0.5) is 0 Å². The zero-order chi connectivity index (χ0) is 24.1. The molecule has 1 N–H and O–H groups in total. The number of rotatable bonds is 8. The third-order valence-corrected chi connectivity index (χ3v) is 8.06. The Balaban J connectivity index is 1.44. The van der Waals surface area contributed by atoms with Crippen LogP contribution in [0.15, 0.2) is 48.5 Å². The molecule has 1 aliphatic heterocycles. The van der Waals surface area contributed by atoms with Crippen molar-refractivity contribution >= 4 is 27.5 Å². The summed E-state index contributed by atoms with van der Waals surface area (Å²) in [6, 6.07) is 14.9. The van der Waals surface area contributed by atoms with Gasteiger partial charge < -0.3 is 10.1 Å². The molecule has 1 heterocycles. The molecule has 0 bridgehead atoms. The summed E-state index contributed by atoms with van der Waals surface area (Å²) in [5.41, 5.74) is 1.69. The summed E-state index contributed by atoms with van der Waals surface area (Å²) >= 11 is 6.12. The van der Waals surface area contributed by atoms with E-state index >= 15 is 0 Å². The predicted octanol–water partition coefficient (Wildman–Crippen LogP) is 4.37. The van der Waals surface area contributed by atoms with Gasteiger partial charge in [0.2, 0.25) is 15.9 Å². The second kappa shape index (κ2) is 10.9. The molecule has 1 amide bonds. The molecule has 8 heteroatoms. The van der Waals surface area contributed by atoms with Crippen molar-refractivity contribution in [3.05, 3.63) is 64.7 Å². The van der Waals surface area contributed by atoms with Gasteiger partial charge in [0.05, 0.1) is 12.3 Å². The SMILES string of the molecule is CC(C)(C)c1ccccc1OCCNC(=O)C1CCN(S(=O)(=O)Cc2ccccc2Cl)CC1. The van der Waals surface area contributed by atoms with Crippen LogP contribution in [0.1, 0.15) is 44.7 Å². The molecule has 0 aromatic heterocycles. The van der Waals surface area contributed by atoms with E-state index in [1.165, 1.54) is 4.31 Å². The maximum Gasteiger partial charge on any atom is 0.223 e. The first-order valence-corrected chi connectivity index (χ1v) is 13.3. The number of hydrogen-bond acceptors (Lipinski definition) is 4. The minimum absolute atomic E-state index is 0.0278. The van der Waals surface area contributed by atoms with Gasteiger partial charge in [-0.2, -0.15) is 0 Å². The van der Waals surface area contributed by atoms with Gasteiger partial charge in [0, 0.05) is 24.0 Å². The van der Waals surface area contributed by atoms with E-state index < -0.39 is 10.0 Å². The number of ether oxygens (including phenoxy) is 1. The van der Waals surface area contributed by atoms with Crippen LogP contribution in [0.5, 0.6) is 5.75 Å². The fourth-order valence-electron chi connectivity index (χ4n) is 3.99. The molecule has 0 aliphatic carbocycles. The quantitative estimate of drug-likeness (QED) is 0.555. The summed E-state index contributed by atoms with van der Waals surface area (Å²) in [7, 11) is -3.48. The van der Waals surface area contributed by atoms with Gasteiger partial charge in [-0.15, -0.1) is 0 Å². The number of amides is 1. The van der Waals surface area contributed by atoms with Crippen molar-refractivity contribution in [1.82, 2.24) is 9.62 Å². The first kappa shape index (κ1) is 25.5. The molecule has 0 unspecified atom stereocenters. The van der Waals surface area contributed by atoms with Gasteiger partial charge >= 0.3 is 0 Å². The Morgan fingerprint density at radius 3 is 2.39 bits per heavy atom. The van der Waals surface area contributed by atoms with E-state index in [0.717, 1.165) is 11.3 Å². The molecule has 2 aromatic carbocycles. The van der Waals surface area contributed by atoms with E-state index in [1.54, 1.807) is 24.3 Å². The standard InChI is InChI=1S/C25H33ClN2O4S/c1-25(2,3)21-9-5-7-11-23(21)32-17-14-27-24(29)19-12-15-28(16-13-19)33(30,31)18-20-8-4-6-10-22(20)26/h4-11,19H,12-18H2,1-3H3,(H,27,29). The lowest BCUT2D eigenvalue weighted by atomic mass is 9.86. The van der Waals surface area contributed by atoms with E-state index in [2.05, 4.69) is 32.2 Å². The molecule has 0 radical (unpaired) electrons. The van der Waals surface area contributed by atoms with Crippen molar-refractivity contribution in [3.63, 3.8) is 0 Å². The van der Waals surface area contributed by atoms with Crippen molar-refractivity contribution in [2.24, 2.45) is 5.92 Å². The summed E-state index contributed by atoms with van der Waals surface area (Å²) in [6.07, 6.45) is 1.00. The lowest BCUT2D eigenvalue weighted by molar-refractivity contribution is -0.126. The molecule has 0 saturated carbocycles. The Bertz CT molecular complexity index is 1060. The number of piperidine rings is 1. The van der Waals surface area contributed by atoms with E-state index in [1.807, 2.05) is 18.2 Å². The fourth-order valence-corrected chi connectivity index (χ4v) is 5.87. The van der Waals surface area contributed by atoms with Crippen molar-refractivity contribution < 1.29 is 17.9 Å². The van der Waals surface area contributed by atoms with Gasteiger partial charge in [0.1, 0.15) is 12.4 Å². The Kier molecular flexibility index (Phi) is 8.43. The van der Waals surface area contributed by atoms with Gasteiger partial charge in [-0.25, -0.2) is 12.7 Å². The minimum Gasteiger partial charge on any atom is -0.491 e. The molecular weight excluding hydrogens is 460 g/mol. The molecule has 3 rings (SSSR count). The van der Waals surface area contributed by atoms with Crippen LogP contribution in [-0.2, 0) is 26.0 Å². The van der Waals surface area contributed by atoms with Crippen LogP contribution in [0, 0.1) is 5.92 Å². The number of nitrogens with zero attached hydrogens (tertiary/aromatic N) is 1. The largest absolute Gasteiger partial charge is 0.491 e. The van der Waals surface area contributed by atoms with E-state index in [-0.39, 0.29) is 23.0 Å². The van der Waals surface area contributed by atoms with Gasteiger partial charge in [-0.3, -0.25) is 4.79 Å². The number of halogens is 1. The van der Waals surface area contributed by atoms with Crippen molar-refractivity contribution in [3.8, 4) is 5.75 Å². The third kappa shape index (κ3) is 6.95. The average Bonchev–Trinajstić information content (AvgIpc) is 2.78. The highest BCUT2D eigenvalue weighted by atomic mass is 35.5. The molecule has 33 heavy (non-hydrogen) atoms. The smallest absolute Gasteiger partial charge is 0.223 e. The Hall–Kier alpha value is -2.09. The van der Waals surface area contributed by atoms with Crippen molar-refractivity contribution in [1.29, 1.82) is 0 Å². The molecule has 1 aliphatic rings. The zero-order valence-corrected chi connectivity index (χ0v) is 21.1. The molecule has 2 aromatic rings. The fraction of sp³-hybridized carbons (Fsp3) is 0.480. The van der Waals surface area contributed by atoms with Gasteiger partial charge in [-0.05, 0) is 41.5 Å². The lowest BCUT2D eigenvalue weighted by Gasteiger charge is -2.30. The highest BCUT2D eigenvalue weighted by molar-refractivity contribution is 7.88. The van der Waals surface area contributed by atoms with Crippen LogP contribution >= 0.6 is 11.6 Å². The van der Waals surface area contributed by atoms with Crippen LogP contribution in [0.25, 0.3) is 0 Å². The second-order valence-electron chi connectivity index (χ2n) is 9.41. The number of carbonyl (C=O) groups is 1. The lowest BCUT2D eigenvalue weighted by Crippen LogP contribution is -2.44. The Morgan fingerprint density at radius 1 is 1.09 bits per heavy atom. The summed E-state index contributed by atoms with van der Waals surface area (Å²) in [5, 5.41) is 3.38. The highest BCUT2D eigenvalue weighted by Gasteiger charge is 2.31. The number of hydrogen-bond donors (Lipinski definition) is 1. The highest BCUT2D eigenvalue weighted by Crippen LogP contribution is 2.31. The molecule has 1 fully saturated rings. The number of benzene rings is 2. The number of para-hydroxylation sites is 1. The van der Waals surface area contributed by atoms with Crippen molar-refractivity contribution in [2.45, 2.75) is 44.8 Å². The van der Waals surface area contributed by atoms with E-state index in [0.29, 0.717) is 49.7 Å². The van der Waals surface area contributed by atoms with Crippen LogP contribution < -0.4 is 10.1 Å². The number of nitrogens with one attached hydrogen (secondary N) is 1. The topological polar surface area (TPSA) is 75.7 Å². The van der Waals surface area contributed by atoms with E-state index in [9.17, 15) is 13.2 Å². The van der Waals surface area contributed by atoms with Crippen LogP contribution in [0.2, 0.25) is 5.02 Å². The maximum atomic E-state index is 12.8. The first-order chi connectivity index (χ1) is 15.6.